The van der Waals surface area contributed by atoms with Crippen molar-refractivity contribution in [3.63, 3.8) is 0 Å². The number of rotatable bonds is 2. The molecule has 0 aliphatic heterocycles. The minimum Gasteiger partial charge on any atom is -0.424 e. The van der Waals surface area contributed by atoms with Gasteiger partial charge in [-0.05, 0) is 17.7 Å². The molecule has 0 radical (unpaired) electrons. The lowest BCUT2D eigenvalue weighted by Gasteiger charge is -1.92. The Morgan fingerprint density at radius 3 is 2.31 bits per heavy atom. The van der Waals surface area contributed by atoms with Crippen LogP contribution in [-0.2, 0) is 0 Å². The van der Waals surface area contributed by atoms with Gasteiger partial charge in [0.15, 0.2) is 0 Å². The number of benzene rings is 1. The monoisotopic (exact) mass is 173 g/mol. The molecule has 1 aromatic carbocycles. The molecule has 13 heavy (non-hydrogen) atoms. The molecule has 0 saturated carbocycles. The topological polar surface area (TPSA) is 64.2 Å². The molecular formula is C9H8BNO2. The maximum atomic E-state index is 8.53. The van der Waals surface area contributed by atoms with Gasteiger partial charge in [-0.1, -0.05) is 24.2 Å². The third-order valence-electron chi connectivity index (χ3n) is 1.50. The molecule has 0 spiro atoms. The summed E-state index contributed by atoms with van der Waals surface area (Å²) >= 11 is 0. The summed E-state index contributed by atoms with van der Waals surface area (Å²) in [5.41, 5.74) is 1.41. The highest BCUT2D eigenvalue weighted by atomic mass is 16.4. The molecule has 0 atom stereocenters. The van der Waals surface area contributed by atoms with E-state index in [1.165, 1.54) is 5.98 Å². The normalized spacial score (nSPS) is 9.92. The second-order valence-electron chi connectivity index (χ2n) is 2.51. The number of hydrogen-bond donors (Lipinski definition) is 2. The van der Waals surface area contributed by atoms with Gasteiger partial charge in [-0.2, -0.15) is 5.26 Å². The molecule has 0 aliphatic carbocycles. The summed E-state index contributed by atoms with van der Waals surface area (Å²) in [4.78, 5) is 0. The lowest BCUT2D eigenvalue weighted by atomic mass is 9.91. The first-order chi connectivity index (χ1) is 6.22. The average molecular weight is 173 g/mol. The summed E-state index contributed by atoms with van der Waals surface area (Å²) in [7, 11) is -1.43. The fourth-order valence-electron chi connectivity index (χ4n) is 0.866. The smallest absolute Gasteiger partial charge is 0.424 e. The maximum Gasteiger partial charge on any atom is 0.480 e. The number of nitrogens with zero attached hydrogens (tertiary/aromatic N) is 1. The van der Waals surface area contributed by atoms with Crippen LogP contribution in [0.2, 0.25) is 0 Å². The zero-order valence-corrected chi connectivity index (χ0v) is 6.88. The van der Waals surface area contributed by atoms with Gasteiger partial charge in [-0.25, -0.2) is 0 Å². The van der Waals surface area contributed by atoms with E-state index >= 15 is 0 Å². The Bertz CT molecular complexity index is 338. The van der Waals surface area contributed by atoms with Crippen LogP contribution in [0.4, 0.5) is 0 Å². The summed E-state index contributed by atoms with van der Waals surface area (Å²) in [6.45, 7) is 0. The Hall–Kier alpha value is -1.57. The van der Waals surface area contributed by atoms with Gasteiger partial charge in [0.25, 0.3) is 0 Å². The second kappa shape index (κ2) is 4.46. The van der Waals surface area contributed by atoms with Crippen molar-refractivity contribution in [3.8, 4) is 6.07 Å². The SMILES string of the molecule is N#Cc1ccc(/C=C/B(O)O)cc1. The number of nitriles is 1. The van der Waals surface area contributed by atoms with Gasteiger partial charge < -0.3 is 10.0 Å². The Morgan fingerprint density at radius 2 is 1.85 bits per heavy atom. The van der Waals surface area contributed by atoms with Gasteiger partial charge in [0.05, 0.1) is 11.6 Å². The van der Waals surface area contributed by atoms with E-state index < -0.39 is 7.12 Å². The molecule has 0 aromatic heterocycles. The maximum absolute atomic E-state index is 8.53. The van der Waals surface area contributed by atoms with E-state index in [0.717, 1.165) is 5.56 Å². The summed E-state index contributed by atoms with van der Waals surface area (Å²) in [5.74, 6) is 1.25. The highest BCUT2D eigenvalue weighted by Crippen LogP contribution is 2.04. The predicted molar refractivity (Wildman–Crippen MR) is 50.4 cm³/mol. The van der Waals surface area contributed by atoms with E-state index in [1.54, 1.807) is 30.3 Å². The van der Waals surface area contributed by atoms with Crippen LogP contribution < -0.4 is 0 Å². The van der Waals surface area contributed by atoms with Crippen LogP contribution in [0.25, 0.3) is 6.08 Å². The van der Waals surface area contributed by atoms with Crippen LogP contribution in [0.3, 0.4) is 0 Å². The van der Waals surface area contributed by atoms with Crippen LogP contribution in [0.1, 0.15) is 11.1 Å². The molecule has 0 unspecified atom stereocenters. The predicted octanol–water partition coefficient (Wildman–Crippen LogP) is 0.583. The minimum absolute atomic E-state index is 0.585. The van der Waals surface area contributed by atoms with E-state index in [-0.39, 0.29) is 0 Å². The van der Waals surface area contributed by atoms with Gasteiger partial charge in [0, 0.05) is 0 Å². The van der Waals surface area contributed by atoms with Crippen molar-refractivity contribution in [2.75, 3.05) is 0 Å². The van der Waals surface area contributed by atoms with Crippen molar-refractivity contribution in [2.45, 2.75) is 0 Å². The molecule has 0 saturated heterocycles. The fraction of sp³-hybridized carbons (Fsp3) is 0. The highest BCUT2D eigenvalue weighted by Gasteiger charge is 1.97. The van der Waals surface area contributed by atoms with Crippen LogP contribution >= 0.6 is 0 Å². The molecular weight excluding hydrogens is 165 g/mol. The van der Waals surface area contributed by atoms with E-state index in [1.807, 2.05) is 6.07 Å². The van der Waals surface area contributed by atoms with Crippen molar-refractivity contribution >= 4 is 13.2 Å². The first kappa shape index (κ1) is 9.52. The quantitative estimate of drug-likeness (QED) is 0.643. The summed E-state index contributed by atoms with van der Waals surface area (Å²) in [6.07, 6.45) is 1.58. The van der Waals surface area contributed by atoms with Crippen molar-refractivity contribution < 1.29 is 10.0 Å². The first-order valence-electron chi connectivity index (χ1n) is 3.77. The molecule has 64 valence electrons. The Labute approximate surface area is 76.7 Å². The molecule has 0 amide bonds. The van der Waals surface area contributed by atoms with Crippen molar-refractivity contribution in [2.24, 2.45) is 0 Å². The molecule has 3 nitrogen and oxygen atoms in total. The standard InChI is InChI=1S/C9H8BNO2/c11-7-9-3-1-8(2-4-9)5-6-10(12)13/h1-6,12-13H/b6-5+. The Balaban J connectivity index is 2.76. The van der Waals surface area contributed by atoms with E-state index in [2.05, 4.69) is 0 Å². The van der Waals surface area contributed by atoms with Crippen molar-refractivity contribution in [1.29, 1.82) is 5.26 Å². The summed E-state index contributed by atoms with van der Waals surface area (Å²) in [6, 6.07) is 8.80. The van der Waals surface area contributed by atoms with E-state index in [9.17, 15) is 0 Å². The average Bonchev–Trinajstić information content (AvgIpc) is 2.15. The second-order valence-corrected chi connectivity index (χ2v) is 2.51. The molecule has 1 rings (SSSR count). The molecule has 1 aromatic rings. The Kier molecular flexibility index (Phi) is 3.27. The molecule has 0 fully saturated rings. The fourth-order valence-corrected chi connectivity index (χ4v) is 0.866. The summed E-state index contributed by atoms with van der Waals surface area (Å²) in [5, 5.41) is 25.6. The molecule has 2 N–H and O–H groups in total. The molecule has 0 heterocycles. The molecule has 0 bridgehead atoms. The zero-order chi connectivity index (χ0) is 9.68. The van der Waals surface area contributed by atoms with Crippen LogP contribution in [0.15, 0.2) is 30.2 Å². The van der Waals surface area contributed by atoms with Crippen LogP contribution in [-0.4, -0.2) is 17.2 Å². The van der Waals surface area contributed by atoms with E-state index in [0.29, 0.717) is 5.56 Å². The van der Waals surface area contributed by atoms with Crippen molar-refractivity contribution in [3.05, 3.63) is 41.4 Å². The van der Waals surface area contributed by atoms with E-state index in [4.69, 9.17) is 15.3 Å². The first-order valence-corrected chi connectivity index (χ1v) is 3.77. The third-order valence-corrected chi connectivity index (χ3v) is 1.50. The highest BCUT2D eigenvalue weighted by molar-refractivity contribution is 6.48. The lowest BCUT2D eigenvalue weighted by Crippen LogP contribution is -2.05. The van der Waals surface area contributed by atoms with Gasteiger partial charge >= 0.3 is 7.12 Å². The largest absolute Gasteiger partial charge is 0.480 e. The van der Waals surface area contributed by atoms with Gasteiger partial charge in [-0.3, -0.25) is 0 Å². The lowest BCUT2D eigenvalue weighted by molar-refractivity contribution is 0.424. The Morgan fingerprint density at radius 1 is 1.23 bits per heavy atom. The van der Waals surface area contributed by atoms with Crippen molar-refractivity contribution in [1.82, 2.24) is 0 Å². The summed E-state index contributed by atoms with van der Waals surface area (Å²) < 4.78 is 0. The van der Waals surface area contributed by atoms with Gasteiger partial charge in [0.1, 0.15) is 0 Å². The third kappa shape index (κ3) is 3.12. The number of hydrogen-bond acceptors (Lipinski definition) is 3. The molecule has 4 heteroatoms. The van der Waals surface area contributed by atoms with Gasteiger partial charge in [-0.15, -0.1) is 0 Å². The van der Waals surface area contributed by atoms with Gasteiger partial charge in [0.2, 0.25) is 0 Å². The van der Waals surface area contributed by atoms with Crippen LogP contribution in [0.5, 0.6) is 0 Å². The minimum atomic E-state index is -1.43. The van der Waals surface area contributed by atoms with Crippen LogP contribution in [0, 0.1) is 11.3 Å². The zero-order valence-electron chi connectivity index (χ0n) is 6.88. The molecule has 0 aliphatic rings.